The van der Waals surface area contributed by atoms with E-state index in [-0.39, 0.29) is 11.2 Å². The molecule has 0 aromatic heterocycles. The van der Waals surface area contributed by atoms with Gasteiger partial charge in [-0.3, -0.25) is 0 Å². The summed E-state index contributed by atoms with van der Waals surface area (Å²) in [7, 11) is 0. The Labute approximate surface area is 134 Å². The van der Waals surface area contributed by atoms with Crippen LogP contribution in [0.25, 0.3) is 0 Å². The molecule has 1 aliphatic carbocycles. The fraction of sp³-hybridized carbons (Fsp3) is 0.333. The van der Waals surface area contributed by atoms with Gasteiger partial charge in [0, 0.05) is 16.3 Å². The molecule has 21 heavy (non-hydrogen) atoms. The molecule has 3 heteroatoms. The Morgan fingerprint density at radius 2 is 1.95 bits per heavy atom. The molecule has 0 spiro atoms. The fourth-order valence-corrected chi connectivity index (χ4v) is 4.01. The van der Waals surface area contributed by atoms with Crippen LogP contribution < -0.4 is 0 Å². The zero-order chi connectivity index (χ0) is 14.9. The first-order chi connectivity index (χ1) is 10.1. The van der Waals surface area contributed by atoms with Crippen molar-refractivity contribution in [1.29, 1.82) is 0 Å². The smallest absolute Gasteiger partial charge is 0.124 e. The molecular formula is C18H17Cl2F. The normalized spacial score (nSPS) is 21.1. The van der Waals surface area contributed by atoms with Gasteiger partial charge in [-0.25, -0.2) is 4.39 Å². The van der Waals surface area contributed by atoms with E-state index in [0.29, 0.717) is 10.9 Å². The van der Waals surface area contributed by atoms with Crippen LogP contribution in [0.5, 0.6) is 0 Å². The lowest BCUT2D eigenvalue weighted by Gasteiger charge is -2.38. The van der Waals surface area contributed by atoms with E-state index in [4.69, 9.17) is 23.2 Å². The maximum absolute atomic E-state index is 13.2. The minimum Gasteiger partial charge on any atom is -0.207 e. The maximum Gasteiger partial charge on any atom is 0.124 e. The monoisotopic (exact) mass is 322 g/mol. The summed E-state index contributed by atoms with van der Waals surface area (Å²) >= 11 is 12.6. The van der Waals surface area contributed by atoms with Crippen molar-refractivity contribution in [2.45, 2.75) is 31.1 Å². The van der Waals surface area contributed by atoms with Gasteiger partial charge in [0.2, 0.25) is 0 Å². The van der Waals surface area contributed by atoms with E-state index in [2.05, 4.69) is 24.3 Å². The van der Waals surface area contributed by atoms with Gasteiger partial charge in [0.05, 0.1) is 0 Å². The van der Waals surface area contributed by atoms with Gasteiger partial charge in [-0.2, -0.15) is 0 Å². The van der Waals surface area contributed by atoms with Gasteiger partial charge < -0.3 is 0 Å². The molecule has 0 amide bonds. The third-order valence-electron chi connectivity index (χ3n) is 4.49. The molecular weight excluding hydrogens is 306 g/mol. The number of hydrogen-bond acceptors (Lipinski definition) is 0. The second kappa shape index (κ2) is 5.98. The molecule has 0 aliphatic heterocycles. The van der Waals surface area contributed by atoms with Gasteiger partial charge in [-0.1, -0.05) is 41.9 Å². The highest BCUT2D eigenvalue weighted by atomic mass is 35.5. The summed E-state index contributed by atoms with van der Waals surface area (Å²) in [6.07, 6.45) is 4.03. The third kappa shape index (κ3) is 2.82. The highest BCUT2D eigenvalue weighted by Gasteiger charge is 2.36. The second-order valence-corrected chi connectivity index (χ2v) is 6.51. The van der Waals surface area contributed by atoms with Crippen LogP contribution >= 0.6 is 23.2 Å². The summed E-state index contributed by atoms with van der Waals surface area (Å²) in [5, 5.41) is 0.488. The average molecular weight is 323 g/mol. The van der Waals surface area contributed by atoms with E-state index in [0.717, 1.165) is 31.2 Å². The summed E-state index contributed by atoms with van der Waals surface area (Å²) in [6, 6.07) is 13.1. The lowest BCUT2D eigenvalue weighted by atomic mass is 9.68. The van der Waals surface area contributed by atoms with Crippen LogP contribution in [-0.2, 0) is 18.3 Å². The van der Waals surface area contributed by atoms with Crippen molar-refractivity contribution >= 4 is 23.2 Å². The van der Waals surface area contributed by atoms with Gasteiger partial charge in [0.15, 0.2) is 0 Å². The first kappa shape index (κ1) is 14.9. The van der Waals surface area contributed by atoms with Crippen LogP contribution in [0.1, 0.15) is 29.5 Å². The SMILES string of the molecule is Fc1ccc(CC2(CCl)CCCc3ccccc32)c(Cl)c1. The van der Waals surface area contributed by atoms with Gasteiger partial charge in [-0.15, -0.1) is 11.6 Å². The fourth-order valence-electron chi connectivity index (χ4n) is 3.41. The molecule has 0 N–H and O–H groups in total. The molecule has 3 rings (SSSR count). The van der Waals surface area contributed by atoms with Crippen molar-refractivity contribution in [3.05, 3.63) is 70.0 Å². The Hall–Kier alpha value is -1.05. The Kier molecular flexibility index (Phi) is 4.24. The number of halogens is 3. The molecule has 1 atom stereocenters. The summed E-state index contributed by atoms with van der Waals surface area (Å²) in [6.45, 7) is 0. The molecule has 2 aromatic carbocycles. The summed E-state index contributed by atoms with van der Waals surface area (Å²) < 4.78 is 13.2. The van der Waals surface area contributed by atoms with Crippen LogP contribution in [-0.4, -0.2) is 5.88 Å². The molecule has 2 aromatic rings. The summed E-state index contributed by atoms with van der Waals surface area (Å²) in [4.78, 5) is 0. The van der Waals surface area contributed by atoms with Crippen molar-refractivity contribution < 1.29 is 4.39 Å². The van der Waals surface area contributed by atoms with Gasteiger partial charge in [0.1, 0.15) is 5.82 Å². The van der Waals surface area contributed by atoms with Gasteiger partial charge >= 0.3 is 0 Å². The standard InChI is InChI=1S/C18H17Cl2F/c19-12-18(11-14-7-8-15(21)10-17(14)20)9-3-5-13-4-1-2-6-16(13)18/h1-2,4,6-8,10H,3,5,9,11-12H2. The van der Waals surface area contributed by atoms with E-state index in [1.165, 1.54) is 23.3 Å². The molecule has 0 fully saturated rings. The van der Waals surface area contributed by atoms with Crippen molar-refractivity contribution in [3.63, 3.8) is 0 Å². The Bertz CT molecular complexity index is 653. The number of benzene rings is 2. The second-order valence-electron chi connectivity index (χ2n) is 5.84. The van der Waals surface area contributed by atoms with Crippen molar-refractivity contribution in [1.82, 2.24) is 0 Å². The van der Waals surface area contributed by atoms with Crippen LogP contribution in [0.3, 0.4) is 0 Å². The largest absolute Gasteiger partial charge is 0.207 e. The molecule has 0 saturated heterocycles. The molecule has 0 radical (unpaired) electrons. The van der Waals surface area contributed by atoms with Crippen LogP contribution in [0, 0.1) is 5.82 Å². The van der Waals surface area contributed by atoms with Gasteiger partial charge in [0.25, 0.3) is 0 Å². The number of fused-ring (bicyclic) bond motifs is 1. The first-order valence-corrected chi connectivity index (χ1v) is 8.14. The first-order valence-electron chi connectivity index (χ1n) is 7.23. The lowest BCUT2D eigenvalue weighted by molar-refractivity contribution is 0.396. The minimum atomic E-state index is -0.298. The maximum atomic E-state index is 13.2. The van der Waals surface area contributed by atoms with Crippen molar-refractivity contribution in [2.24, 2.45) is 0 Å². The average Bonchev–Trinajstić information content (AvgIpc) is 2.50. The third-order valence-corrected chi connectivity index (χ3v) is 5.35. The zero-order valence-corrected chi connectivity index (χ0v) is 13.2. The predicted octanol–water partition coefficient (Wildman–Crippen LogP) is 5.53. The number of aryl methyl sites for hydroxylation is 1. The van der Waals surface area contributed by atoms with Crippen molar-refractivity contribution in [2.75, 3.05) is 5.88 Å². The Morgan fingerprint density at radius 3 is 2.71 bits per heavy atom. The van der Waals surface area contributed by atoms with Crippen LogP contribution in [0.2, 0.25) is 5.02 Å². The van der Waals surface area contributed by atoms with E-state index >= 15 is 0 Å². The van der Waals surface area contributed by atoms with E-state index in [1.807, 2.05) is 0 Å². The quantitative estimate of drug-likeness (QED) is 0.651. The minimum absolute atomic E-state index is 0.0993. The highest BCUT2D eigenvalue weighted by molar-refractivity contribution is 6.31. The van der Waals surface area contributed by atoms with Crippen LogP contribution in [0.4, 0.5) is 4.39 Å². The Balaban J connectivity index is 2.02. The molecule has 1 unspecified atom stereocenters. The molecule has 0 saturated carbocycles. The number of hydrogen-bond donors (Lipinski definition) is 0. The van der Waals surface area contributed by atoms with E-state index in [1.54, 1.807) is 6.07 Å². The Morgan fingerprint density at radius 1 is 1.14 bits per heavy atom. The van der Waals surface area contributed by atoms with Crippen molar-refractivity contribution in [3.8, 4) is 0 Å². The molecule has 0 nitrogen and oxygen atoms in total. The molecule has 1 aliphatic rings. The number of alkyl halides is 1. The summed E-state index contributed by atoms with van der Waals surface area (Å²) in [5.41, 5.74) is 3.57. The number of rotatable bonds is 3. The highest BCUT2D eigenvalue weighted by Crippen LogP contribution is 2.42. The van der Waals surface area contributed by atoms with E-state index in [9.17, 15) is 4.39 Å². The van der Waals surface area contributed by atoms with E-state index < -0.39 is 0 Å². The molecule has 0 heterocycles. The topological polar surface area (TPSA) is 0 Å². The summed E-state index contributed by atoms with van der Waals surface area (Å²) in [5.74, 6) is 0.255. The van der Waals surface area contributed by atoms with Crippen LogP contribution in [0.15, 0.2) is 42.5 Å². The lowest BCUT2D eigenvalue weighted by Crippen LogP contribution is -2.35. The molecule has 0 bridgehead atoms. The predicted molar refractivity (Wildman–Crippen MR) is 86.9 cm³/mol. The zero-order valence-electron chi connectivity index (χ0n) is 11.7. The van der Waals surface area contributed by atoms with Gasteiger partial charge in [-0.05, 0) is 54.5 Å². The molecule has 110 valence electrons.